The maximum Gasteiger partial charge on any atom is 0.250 e. The van der Waals surface area contributed by atoms with Crippen LogP contribution in [0.5, 0.6) is 0 Å². The highest BCUT2D eigenvalue weighted by Gasteiger charge is 2.17. The number of hydrogen-bond donors (Lipinski definition) is 1. The fourth-order valence-corrected chi connectivity index (χ4v) is 3.33. The summed E-state index contributed by atoms with van der Waals surface area (Å²) in [4.78, 5) is 18.8. The van der Waals surface area contributed by atoms with Crippen molar-refractivity contribution in [1.82, 2.24) is 4.98 Å². The molecule has 132 valence electrons. The molecule has 6 nitrogen and oxygen atoms in total. The van der Waals surface area contributed by atoms with Gasteiger partial charge in [0, 0.05) is 19.7 Å². The van der Waals surface area contributed by atoms with Gasteiger partial charge in [0.25, 0.3) is 0 Å². The molecule has 1 aromatic rings. The second-order valence-corrected chi connectivity index (χ2v) is 6.61. The molecule has 24 heavy (non-hydrogen) atoms. The number of ether oxygens (including phenoxy) is 2. The van der Waals surface area contributed by atoms with Gasteiger partial charge in [-0.3, -0.25) is 4.79 Å². The molecule has 1 aromatic heterocycles. The molecule has 0 unspecified atom stereocenters. The fraction of sp³-hybridized carbons (Fsp3) is 0.667. The van der Waals surface area contributed by atoms with Crippen molar-refractivity contribution in [3.8, 4) is 0 Å². The maximum atomic E-state index is 12.0. The average molecular weight is 333 g/mol. The molecule has 0 aliphatic carbocycles. The van der Waals surface area contributed by atoms with E-state index >= 15 is 0 Å². The molecule has 2 aliphatic rings. The van der Waals surface area contributed by atoms with E-state index in [0.29, 0.717) is 6.61 Å². The Balaban J connectivity index is 1.47. The van der Waals surface area contributed by atoms with Gasteiger partial charge in [-0.1, -0.05) is 0 Å². The first-order valence-electron chi connectivity index (χ1n) is 8.93. The predicted molar refractivity (Wildman–Crippen MR) is 93.5 cm³/mol. The largest absolute Gasteiger partial charge is 0.376 e. The molecule has 0 bridgehead atoms. The molecule has 1 N–H and O–H groups in total. The van der Waals surface area contributed by atoms with Crippen LogP contribution in [0.15, 0.2) is 12.3 Å². The molecule has 6 heteroatoms. The van der Waals surface area contributed by atoms with E-state index in [9.17, 15) is 4.79 Å². The number of rotatable bonds is 6. The van der Waals surface area contributed by atoms with Crippen LogP contribution in [0, 0.1) is 6.92 Å². The number of nitrogens with one attached hydrogen (secondary N) is 1. The molecule has 3 rings (SSSR count). The number of aryl methyl sites for hydroxylation is 1. The van der Waals surface area contributed by atoms with E-state index in [4.69, 9.17) is 9.47 Å². The van der Waals surface area contributed by atoms with Crippen LogP contribution in [-0.4, -0.2) is 49.9 Å². The van der Waals surface area contributed by atoms with E-state index in [-0.39, 0.29) is 18.6 Å². The standard InChI is InChI=1S/C18H27N3O3/c1-14-10-15(11-19-18(14)21-7-3-2-4-8-21)20-17(22)13-23-12-16-6-5-9-24-16/h10-11,16H,2-9,12-13H2,1H3,(H,20,22)/t16-/m0/s1. The van der Waals surface area contributed by atoms with Crippen LogP contribution in [-0.2, 0) is 14.3 Å². The van der Waals surface area contributed by atoms with Crippen LogP contribution in [0.4, 0.5) is 11.5 Å². The molecule has 1 amide bonds. The van der Waals surface area contributed by atoms with Crippen molar-refractivity contribution in [3.05, 3.63) is 17.8 Å². The summed E-state index contributed by atoms with van der Waals surface area (Å²) in [6.45, 7) is 5.51. The third-order valence-electron chi connectivity index (χ3n) is 4.55. The monoisotopic (exact) mass is 333 g/mol. The highest BCUT2D eigenvalue weighted by molar-refractivity contribution is 5.91. The lowest BCUT2D eigenvalue weighted by atomic mass is 10.1. The topological polar surface area (TPSA) is 63.7 Å². The smallest absolute Gasteiger partial charge is 0.250 e. The summed E-state index contributed by atoms with van der Waals surface area (Å²) in [5, 5.41) is 2.85. The van der Waals surface area contributed by atoms with E-state index in [0.717, 1.165) is 49.6 Å². The number of carbonyl (C=O) groups excluding carboxylic acids is 1. The van der Waals surface area contributed by atoms with Crippen molar-refractivity contribution in [1.29, 1.82) is 0 Å². The Morgan fingerprint density at radius 1 is 1.38 bits per heavy atom. The molecule has 0 aromatic carbocycles. The molecule has 0 spiro atoms. The fourth-order valence-electron chi connectivity index (χ4n) is 3.33. The van der Waals surface area contributed by atoms with Crippen molar-refractivity contribution in [2.75, 3.05) is 43.1 Å². The first-order valence-corrected chi connectivity index (χ1v) is 8.93. The molecule has 0 saturated carbocycles. The van der Waals surface area contributed by atoms with Gasteiger partial charge in [-0.05, 0) is 50.7 Å². The lowest BCUT2D eigenvalue weighted by Crippen LogP contribution is -2.30. The summed E-state index contributed by atoms with van der Waals surface area (Å²) in [6.07, 6.45) is 7.72. The normalized spacial score (nSPS) is 21.0. The summed E-state index contributed by atoms with van der Waals surface area (Å²) in [5.74, 6) is 0.877. The molecule has 1 atom stereocenters. The van der Waals surface area contributed by atoms with Crippen molar-refractivity contribution in [2.24, 2.45) is 0 Å². The molecular weight excluding hydrogens is 306 g/mol. The summed E-state index contributed by atoms with van der Waals surface area (Å²) < 4.78 is 10.9. The van der Waals surface area contributed by atoms with Crippen molar-refractivity contribution >= 4 is 17.4 Å². The minimum absolute atomic E-state index is 0.0484. The maximum absolute atomic E-state index is 12.0. The van der Waals surface area contributed by atoms with E-state index < -0.39 is 0 Å². The third-order valence-corrected chi connectivity index (χ3v) is 4.55. The second kappa shape index (κ2) is 8.44. The highest BCUT2D eigenvalue weighted by atomic mass is 16.5. The van der Waals surface area contributed by atoms with Crippen molar-refractivity contribution in [2.45, 2.75) is 45.1 Å². The van der Waals surface area contributed by atoms with Gasteiger partial charge in [0.05, 0.1) is 24.6 Å². The van der Waals surface area contributed by atoms with E-state index in [1.54, 1.807) is 6.20 Å². The Hall–Kier alpha value is -1.66. The zero-order valence-corrected chi connectivity index (χ0v) is 14.4. The number of anilines is 2. The minimum Gasteiger partial charge on any atom is -0.376 e. The molecule has 2 fully saturated rings. The Kier molecular flexibility index (Phi) is 6.04. The van der Waals surface area contributed by atoms with Gasteiger partial charge in [-0.15, -0.1) is 0 Å². The van der Waals surface area contributed by atoms with Crippen LogP contribution in [0.25, 0.3) is 0 Å². The first-order chi connectivity index (χ1) is 11.7. The van der Waals surface area contributed by atoms with Gasteiger partial charge in [0.2, 0.25) is 5.91 Å². The lowest BCUT2D eigenvalue weighted by Gasteiger charge is -2.29. The number of carbonyl (C=O) groups is 1. The number of pyridine rings is 1. The van der Waals surface area contributed by atoms with Gasteiger partial charge in [0.15, 0.2) is 0 Å². The first kappa shape index (κ1) is 17.2. The van der Waals surface area contributed by atoms with Crippen LogP contribution in [0.3, 0.4) is 0 Å². The summed E-state index contributed by atoms with van der Waals surface area (Å²) in [7, 11) is 0. The van der Waals surface area contributed by atoms with E-state index in [1.807, 2.05) is 13.0 Å². The van der Waals surface area contributed by atoms with Crippen molar-refractivity contribution < 1.29 is 14.3 Å². The Morgan fingerprint density at radius 2 is 2.21 bits per heavy atom. The number of hydrogen-bond acceptors (Lipinski definition) is 5. The average Bonchev–Trinajstić information content (AvgIpc) is 3.09. The quantitative estimate of drug-likeness (QED) is 0.867. The number of amides is 1. The van der Waals surface area contributed by atoms with Gasteiger partial charge >= 0.3 is 0 Å². The van der Waals surface area contributed by atoms with Crippen molar-refractivity contribution in [3.63, 3.8) is 0 Å². The van der Waals surface area contributed by atoms with E-state index in [2.05, 4.69) is 15.2 Å². The predicted octanol–water partition coefficient (Wildman–Crippen LogP) is 2.51. The molecular formula is C18H27N3O3. The van der Waals surface area contributed by atoms with Gasteiger partial charge in [-0.25, -0.2) is 4.98 Å². The van der Waals surface area contributed by atoms with Crippen LogP contribution >= 0.6 is 0 Å². The van der Waals surface area contributed by atoms with Crippen LogP contribution < -0.4 is 10.2 Å². The molecule has 2 aliphatic heterocycles. The Bertz CT molecular complexity index is 552. The van der Waals surface area contributed by atoms with E-state index in [1.165, 1.54) is 19.3 Å². The summed E-state index contributed by atoms with van der Waals surface area (Å²) in [5.41, 5.74) is 1.81. The van der Waals surface area contributed by atoms with Gasteiger partial charge in [-0.2, -0.15) is 0 Å². The third kappa shape index (κ3) is 4.68. The molecule has 2 saturated heterocycles. The summed E-state index contributed by atoms with van der Waals surface area (Å²) in [6, 6.07) is 1.98. The summed E-state index contributed by atoms with van der Waals surface area (Å²) >= 11 is 0. The zero-order chi connectivity index (χ0) is 16.8. The highest BCUT2D eigenvalue weighted by Crippen LogP contribution is 2.23. The lowest BCUT2D eigenvalue weighted by molar-refractivity contribution is -0.121. The molecule has 3 heterocycles. The second-order valence-electron chi connectivity index (χ2n) is 6.61. The van der Waals surface area contributed by atoms with Gasteiger partial charge in [0.1, 0.15) is 12.4 Å². The van der Waals surface area contributed by atoms with Crippen LogP contribution in [0.1, 0.15) is 37.7 Å². The van der Waals surface area contributed by atoms with Gasteiger partial charge < -0.3 is 19.7 Å². The van der Waals surface area contributed by atoms with Crippen LogP contribution in [0.2, 0.25) is 0 Å². The molecule has 0 radical (unpaired) electrons. The zero-order valence-electron chi connectivity index (χ0n) is 14.4. The number of aromatic nitrogens is 1. The SMILES string of the molecule is Cc1cc(NC(=O)COC[C@@H]2CCCO2)cnc1N1CCCCC1. The Morgan fingerprint density at radius 3 is 2.92 bits per heavy atom. The Labute approximate surface area is 143 Å². The minimum atomic E-state index is -0.153. The number of nitrogens with zero attached hydrogens (tertiary/aromatic N) is 2. The number of piperidine rings is 1.